The molecule has 11 nitrogen and oxygen atoms in total. The Balaban J connectivity index is 0.951. The smallest absolute Gasteiger partial charge is 0.422 e. The van der Waals surface area contributed by atoms with E-state index < -0.39 is 12.8 Å². The normalized spacial score (nSPS) is 13.9. The van der Waals surface area contributed by atoms with Crippen molar-refractivity contribution in [2.45, 2.75) is 12.7 Å². The van der Waals surface area contributed by atoms with E-state index in [0.717, 1.165) is 22.0 Å². The molecule has 3 aromatic heterocycles. The van der Waals surface area contributed by atoms with Gasteiger partial charge in [0, 0.05) is 56.8 Å². The predicted octanol–water partition coefficient (Wildman–Crippen LogP) is 6.38. The first-order valence-corrected chi connectivity index (χ1v) is 15.5. The Labute approximate surface area is 278 Å². The van der Waals surface area contributed by atoms with Crippen LogP contribution >= 0.6 is 0 Å². The molecule has 3 aromatic carbocycles. The minimum Gasteiger partial charge on any atom is -0.484 e. The van der Waals surface area contributed by atoms with E-state index in [2.05, 4.69) is 25.0 Å². The van der Waals surface area contributed by atoms with Crippen LogP contribution in [0.1, 0.15) is 16.1 Å². The number of benzene rings is 3. The van der Waals surface area contributed by atoms with Crippen molar-refractivity contribution in [3.8, 4) is 40.4 Å². The fourth-order valence-corrected chi connectivity index (χ4v) is 5.60. The first kappa shape index (κ1) is 31.8. The van der Waals surface area contributed by atoms with Crippen LogP contribution in [0.5, 0.6) is 17.4 Å². The number of hydrogen-bond donors (Lipinski definition) is 0. The Morgan fingerprint density at radius 3 is 2.37 bits per heavy atom. The van der Waals surface area contributed by atoms with Crippen molar-refractivity contribution in [3.05, 3.63) is 103 Å². The third-order valence-corrected chi connectivity index (χ3v) is 8.16. The SMILES string of the molecule is Cn1c(C(=O)N2CCN(Cc3ccc(OCC(F)(F)F)cc3)CC2)cc2ccc(Oc3cnc(-c4nc(-c5ccccc5)no4)cn3)cc21. The van der Waals surface area contributed by atoms with Gasteiger partial charge in [-0.25, -0.2) is 9.97 Å². The molecule has 1 aliphatic heterocycles. The summed E-state index contributed by atoms with van der Waals surface area (Å²) in [7, 11) is 1.85. The molecule has 7 rings (SSSR count). The molecule has 49 heavy (non-hydrogen) atoms. The van der Waals surface area contributed by atoms with Crippen LogP contribution in [0.15, 0.2) is 95.8 Å². The van der Waals surface area contributed by atoms with E-state index in [4.69, 9.17) is 14.0 Å². The van der Waals surface area contributed by atoms with Crippen molar-refractivity contribution < 1.29 is 32.0 Å². The van der Waals surface area contributed by atoms with Crippen molar-refractivity contribution in [1.82, 2.24) is 34.5 Å². The van der Waals surface area contributed by atoms with Gasteiger partial charge in [-0.1, -0.05) is 47.6 Å². The van der Waals surface area contributed by atoms with E-state index in [1.807, 2.05) is 71.1 Å². The van der Waals surface area contributed by atoms with Crippen LogP contribution < -0.4 is 9.47 Å². The minimum atomic E-state index is -4.38. The van der Waals surface area contributed by atoms with Gasteiger partial charge in [-0.2, -0.15) is 18.2 Å². The van der Waals surface area contributed by atoms with Gasteiger partial charge < -0.3 is 23.5 Å². The zero-order valence-electron chi connectivity index (χ0n) is 26.3. The molecular weight excluding hydrogens is 639 g/mol. The maximum Gasteiger partial charge on any atom is 0.422 e. The van der Waals surface area contributed by atoms with Crippen LogP contribution in [-0.4, -0.2) is 79.3 Å². The van der Waals surface area contributed by atoms with Gasteiger partial charge in [0.1, 0.15) is 22.9 Å². The summed E-state index contributed by atoms with van der Waals surface area (Å²) in [5.74, 6) is 1.62. The molecule has 0 unspecified atom stereocenters. The number of hydrogen-bond acceptors (Lipinski definition) is 9. The third kappa shape index (κ3) is 7.38. The molecule has 0 N–H and O–H groups in total. The Morgan fingerprint density at radius 2 is 1.65 bits per heavy atom. The first-order chi connectivity index (χ1) is 23.7. The van der Waals surface area contributed by atoms with Gasteiger partial charge >= 0.3 is 6.18 Å². The summed E-state index contributed by atoms with van der Waals surface area (Å²) >= 11 is 0. The van der Waals surface area contributed by atoms with Gasteiger partial charge in [0.15, 0.2) is 6.61 Å². The highest BCUT2D eigenvalue weighted by molar-refractivity contribution is 5.99. The molecule has 6 aromatic rings. The second-order valence-corrected chi connectivity index (χ2v) is 11.6. The van der Waals surface area contributed by atoms with Crippen LogP contribution in [0, 0.1) is 0 Å². The molecule has 0 saturated carbocycles. The van der Waals surface area contributed by atoms with Gasteiger partial charge in [-0.15, -0.1) is 0 Å². The number of rotatable bonds is 9. The number of fused-ring (bicyclic) bond motifs is 1. The number of amides is 1. The molecular formula is C35H30F3N7O4. The van der Waals surface area contributed by atoms with Crippen molar-refractivity contribution in [3.63, 3.8) is 0 Å². The Bertz CT molecular complexity index is 2060. The number of nitrogens with zero attached hydrogens (tertiary/aromatic N) is 7. The van der Waals surface area contributed by atoms with E-state index >= 15 is 0 Å². The second kappa shape index (κ2) is 13.4. The monoisotopic (exact) mass is 669 g/mol. The first-order valence-electron chi connectivity index (χ1n) is 15.5. The molecule has 1 fully saturated rings. The van der Waals surface area contributed by atoms with Crippen LogP contribution in [0.4, 0.5) is 13.2 Å². The van der Waals surface area contributed by atoms with Crippen molar-refractivity contribution >= 4 is 16.8 Å². The Hall–Kier alpha value is -5.76. The standard InChI is InChI=1S/C35H30F3N7O4/c1-43-29-18-27(48-31-20-39-28(19-40-31)33-41-32(42-49-33)24-5-3-2-4-6-24)12-9-25(29)17-30(43)34(46)45-15-13-44(14-16-45)21-23-7-10-26(11-8-23)47-22-35(36,37)38/h2-12,17-20H,13-16,21-22H2,1H3. The van der Waals surface area contributed by atoms with Gasteiger partial charge in [0.05, 0.1) is 17.9 Å². The molecule has 0 spiro atoms. The molecule has 14 heteroatoms. The summed E-state index contributed by atoms with van der Waals surface area (Å²) in [6.07, 6.45) is -1.40. The molecule has 4 heterocycles. The molecule has 1 amide bonds. The summed E-state index contributed by atoms with van der Waals surface area (Å²) in [4.78, 5) is 30.7. The number of alkyl halides is 3. The van der Waals surface area contributed by atoms with E-state index in [0.29, 0.717) is 55.7 Å². The van der Waals surface area contributed by atoms with Crippen LogP contribution in [0.2, 0.25) is 0 Å². The highest BCUT2D eigenvalue weighted by Crippen LogP contribution is 2.28. The van der Waals surface area contributed by atoms with Gasteiger partial charge in [0.25, 0.3) is 11.8 Å². The summed E-state index contributed by atoms with van der Waals surface area (Å²) in [5.41, 5.74) is 3.59. The predicted molar refractivity (Wildman–Crippen MR) is 173 cm³/mol. The molecule has 1 saturated heterocycles. The zero-order chi connectivity index (χ0) is 34.0. The van der Waals surface area contributed by atoms with Crippen molar-refractivity contribution in [2.24, 2.45) is 7.05 Å². The minimum absolute atomic E-state index is 0.0649. The quantitative estimate of drug-likeness (QED) is 0.173. The van der Waals surface area contributed by atoms with Gasteiger partial charge in [-0.3, -0.25) is 9.69 Å². The number of aryl methyl sites for hydroxylation is 1. The summed E-state index contributed by atoms with van der Waals surface area (Å²) in [6.45, 7) is 1.73. The van der Waals surface area contributed by atoms with Gasteiger partial charge in [-0.05, 0) is 35.9 Å². The highest BCUT2D eigenvalue weighted by Gasteiger charge is 2.28. The second-order valence-electron chi connectivity index (χ2n) is 11.6. The topological polar surface area (TPSA) is 112 Å². The summed E-state index contributed by atoms with van der Waals surface area (Å²) in [6, 6.07) is 23.5. The molecule has 1 aliphatic rings. The average molecular weight is 670 g/mol. The number of ether oxygens (including phenoxy) is 2. The molecule has 0 atom stereocenters. The fraction of sp³-hybridized carbons (Fsp3) is 0.229. The molecule has 0 radical (unpaired) electrons. The number of carbonyl (C=O) groups excluding carboxylic acids is 1. The lowest BCUT2D eigenvalue weighted by Crippen LogP contribution is -2.48. The Morgan fingerprint density at radius 1 is 0.898 bits per heavy atom. The number of carbonyl (C=O) groups is 1. The van der Waals surface area contributed by atoms with Crippen LogP contribution in [0.3, 0.4) is 0 Å². The summed E-state index contributed by atoms with van der Waals surface area (Å²) < 4.78 is 55.2. The lowest BCUT2D eigenvalue weighted by Gasteiger charge is -2.34. The number of piperazine rings is 1. The maximum atomic E-state index is 13.6. The number of halogens is 3. The Kier molecular flexibility index (Phi) is 8.70. The average Bonchev–Trinajstić information content (AvgIpc) is 3.74. The molecule has 250 valence electrons. The van der Waals surface area contributed by atoms with Gasteiger partial charge in [0.2, 0.25) is 11.7 Å². The zero-order valence-corrected chi connectivity index (χ0v) is 26.3. The lowest BCUT2D eigenvalue weighted by molar-refractivity contribution is -0.153. The molecule has 0 aliphatic carbocycles. The van der Waals surface area contributed by atoms with Crippen molar-refractivity contribution in [2.75, 3.05) is 32.8 Å². The maximum absolute atomic E-state index is 13.6. The largest absolute Gasteiger partial charge is 0.484 e. The highest BCUT2D eigenvalue weighted by atomic mass is 19.4. The van der Waals surface area contributed by atoms with Crippen molar-refractivity contribution in [1.29, 1.82) is 0 Å². The van der Waals surface area contributed by atoms with E-state index in [-0.39, 0.29) is 23.4 Å². The number of aromatic nitrogens is 5. The van der Waals surface area contributed by atoms with Crippen LogP contribution in [0.25, 0.3) is 33.9 Å². The van der Waals surface area contributed by atoms with E-state index in [9.17, 15) is 18.0 Å². The van der Waals surface area contributed by atoms with Crippen LogP contribution in [-0.2, 0) is 13.6 Å². The molecule has 0 bridgehead atoms. The van der Waals surface area contributed by atoms with E-state index in [1.54, 1.807) is 24.3 Å². The summed E-state index contributed by atoms with van der Waals surface area (Å²) in [5, 5.41) is 4.92. The lowest BCUT2D eigenvalue weighted by atomic mass is 10.2. The fourth-order valence-electron chi connectivity index (χ4n) is 5.60. The third-order valence-electron chi connectivity index (χ3n) is 8.16. The van der Waals surface area contributed by atoms with E-state index in [1.165, 1.54) is 12.4 Å².